The van der Waals surface area contributed by atoms with Crippen LogP contribution in [0.5, 0.6) is 0 Å². The fraction of sp³-hybridized carbons (Fsp3) is 0.577. The maximum atomic E-state index is 11.9. The molecule has 1 saturated carbocycles. The van der Waals surface area contributed by atoms with Crippen LogP contribution >= 0.6 is 0 Å². The van der Waals surface area contributed by atoms with Crippen LogP contribution in [0.4, 0.5) is 0 Å². The van der Waals surface area contributed by atoms with Gasteiger partial charge in [0, 0.05) is 0 Å². The van der Waals surface area contributed by atoms with Gasteiger partial charge in [-0.3, -0.25) is 4.79 Å². The van der Waals surface area contributed by atoms with Gasteiger partial charge in [-0.1, -0.05) is 73.8 Å². The van der Waals surface area contributed by atoms with Crippen LogP contribution in [-0.4, -0.2) is 12.6 Å². The van der Waals surface area contributed by atoms with Gasteiger partial charge in [0.25, 0.3) is 0 Å². The molecule has 0 aromatic rings. The highest BCUT2D eigenvalue weighted by molar-refractivity contribution is 5.72. The number of carbonyl (C=O) groups is 1. The number of esters is 1. The zero-order valence-electron chi connectivity index (χ0n) is 18.5. The molecular formula is C26H38O2. The largest absolute Gasteiger partial charge is 0.461 e. The van der Waals surface area contributed by atoms with Gasteiger partial charge in [-0.2, -0.15) is 0 Å². The molecule has 0 heterocycles. The highest BCUT2D eigenvalue weighted by Crippen LogP contribution is 2.40. The first kappa shape index (κ1) is 22.5. The summed E-state index contributed by atoms with van der Waals surface area (Å²) in [7, 11) is 0. The van der Waals surface area contributed by atoms with Gasteiger partial charge >= 0.3 is 5.97 Å². The molecule has 0 spiro atoms. The second kappa shape index (κ2) is 10.6. The summed E-state index contributed by atoms with van der Waals surface area (Å²) in [5, 5.41) is 0. The highest BCUT2D eigenvalue weighted by Gasteiger charge is 2.26. The Labute approximate surface area is 172 Å². The van der Waals surface area contributed by atoms with Crippen molar-refractivity contribution in [1.29, 1.82) is 0 Å². The monoisotopic (exact) mass is 382 g/mol. The highest BCUT2D eigenvalue weighted by atomic mass is 16.5. The van der Waals surface area contributed by atoms with E-state index in [2.05, 4.69) is 58.1 Å². The summed E-state index contributed by atoms with van der Waals surface area (Å²) in [6.07, 6.45) is 20.9. The van der Waals surface area contributed by atoms with Crippen LogP contribution in [0.25, 0.3) is 0 Å². The van der Waals surface area contributed by atoms with Gasteiger partial charge < -0.3 is 4.74 Å². The topological polar surface area (TPSA) is 26.3 Å². The fourth-order valence-electron chi connectivity index (χ4n) is 4.24. The van der Waals surface area contributed by atoms with Crippen LogP contribution in [0.1, 0.15) is 79.6 Å². The van der Waals surface area contributed by atoms with Crippen molar-refractivity contribution < 1.29 is 9.53 Å². The first-order chi connectivity index (χ1) is 13.3. The van der Waals surface area contributed by atoms with Crippen molar-refractivity contribution in [3.8, 4) is 0 Å². The molecule has 0 aromatic carbocycles. The van der Waals surface area contributed by atoms with Crippen molar-refractivity contribution in [2.45, 2.75) is 79.6 Å². The van der Waals surface area contributed by atoms with Crippen LogP contribution in [0.15, 0.2) is 58.7 Å². The quantitative estimate of drug-likeness (QED) is 0.342. The number of hydrogen-bond donors (Lipinski definition) is 0. The molecule has 0 amide bonds. The lowest BCUT2D eigenvalue weighted by Crippen LogP contribution is -2.19. The Morgan fingerprint density at radius 1 is 1.11 bits per heavy atom. The molecule has 0 aliphatic heterocycles. The molecule has 2 heteroatoms. The molecule has 0 atom stereocenters. The first-order valence-corrected chi connectivity index (χ1v) is 10.9. The van der Waals surface area contributed by atoms with Crippen molar-refractivity contribution in [3.05, 3.63) is 58.7 Å². The number of allylic oxidation sites excluding steroid dienone is 9. The molecule has 1 fully saturated rings. The van der Waals surface area contributed by atoms with E-state index in [-0.39, 0.29) is 17.3 Å². The normalized spacial score (nSPS) is 21.9. The summed E-state index contributed by atoms with van der Waals surface area (Å²) in [4.78, 5) is 11.9. The van der Waals surface area contributed by atoms with Crippen LogP contribution in [0, 0.1) is 11.3 Å². The molecule has 0 bridgehead atoms. The van der Waals surface area contributed by atoms with E-state index in [0.29, 0.717) is 6.61 Å². The van der Waals surface area contributed by atoms with Crippen LogP contribution in [-0.2, 0) is 9.53 Å². The Balaban J connectivity index is 1.83. The van der Waals surface area contributed by atoms with Crippen molar-refractivity contribution >= 4 is 5.97 Å². The maximum Gasteiger partial charge on any atom is 0.309 e. The Morgan fingerprint density at radius 3 is 2.50 bits per heavy atom. The van der Waals surface area contributed by atoms with Gasteiger partial charge in [0.15, 0.2) is 0 Å². The van der Waals surface area contributed by atoms with E-state index in [0.717, 1.165) is 31.3 Å². The van der Waals surface area contributed by atoms with E-state index in [1.54, 1.807) is 0 Å². The summed E-state index contributed by atoms with van der Waals surface area (Å²) < 4.78 is 5.38. The second-order valence-electron chi connectivity index (χ2n) is 9.09. The molecule has 28 heavy (non-hydrogen) atoms. The van der Waals surface area contributed by atoms with Crippen LogP contribution in [0.3, 0.4) is 0 Å². The van der Waals surface area contributed by atoms with Gasteiger partial charge in [0.2, 0.25) is 0 Å². The molecule has 154 valence electrons. The van der Waals surface area contributed by atoms with E-state index in [1.165, 1.54) is 36.0 Å². The summed E-state index contributed by atoms with van der Waals surface area (Å²) in [5.41, 5.74) is 5.65. The Kier molecular flexibility index (Phi) is 8.54. The molecule has 2 aliphatic rings. The minimum atomic E-state index is -0.0263. The third kappa shape index (κ3) is 6.96. The molecule has 0 N–H and O–H groups in total. The number of hydrogen-bond acceptors (Lipinski definition) is 2. The third-order valence-corrected chi connectivity index (χ3v) is 6.09. The number of carbonyl (C=O) groups excluding carboxylic acids is 1. The number of ether oxygens (including phenoxy) is 1. The third-order valence-electron chi connectivity index (χ3n) is 6.09. The van der Waals surface area contributed by atoms with Crippen LogP contribution < -0.4 is 0 Å². The fourth-order valence-corrected chi connectivity index (χ4v) is 4.24. The minimum absolute atomic E-state index is 0.0263. The molecule has 0 radical (unpaired) electrons. The van der Waals surface area contributed by atoms with Gasteiger partial charge in [-0.15, -0.1) is 0 Å². The molecule has 0 aromatic heterocycles. The summed E-state index contributed by atoms with van der Waals surface area (Å²) in [6.45, 7) is 11.5. The van der Waals surface area contributed by atoms with Crippen LogP contribution in [0.2, 0.25) is 0 Å². The lowest BCUT2D eigenvalue weighted by Gasteiger charge is -2.32. The summed E-state index contributed by atoms with van der Waals surface area (Å²) in [5.74, 6) is 0.108. The SMILES string of the molecule is CC1=C(/C=C/C(C)=C\C=C\C(C)=C/COC(=O)C2CCCC2)C(C)(C)CCC1. The van der Waals surface area contributed by atoms with E-state index in [4.69, 9.17) is 4.74 Å². The van der Waals surface area contributed by atoms with Gasteiger partial charge in [-0.25, -0.2) is 0 Å². The second-order valence-corrected chi connectivity index (χ2v) is 9.09. The Bertz CT molecular complexity index is 692. The summed E-state index contributed by atoms with van der Waals surface area (Å²) >= 11 is 0. The van der Waals surface area contributed by atoms with Gasteiger partial charge in [-0.05, 0) is 69.9 Å². The average Bonchev–Trinajstić information content (AvgIpc) is 3.15. The molecule has 2 rings (SSSR count). The lowest BCUT2D eigenvalue weighted by atomic mass is 9.72. The zero-order valence-corrected chi connectivity index (χ0v) is 18.5. The molecule has 2 aliphatic carbocycles. The smallest absolute Gasteiger partial charge is 0.309 e. The average molecular weight is 383 g/mol. The standard InChI is InChI=1S/C26H38O2/c1-20(15-16-24-22(3)12-9-18-26(24,4)5)10-8-11-21(2)17-19-28-25(27)23-13-6-7-14-23/h8,10-11,15-17,23H,6-7,9,12-14,18-19H2,1-5H3/b11-8+,16-15+,20-10-,21-17-. The van der Waals surface area contributed by atoms with Gasteiger partial charge in [0.1, 0.15) is 6.61 Å². The molecule has 0 unspecified atom stereocenters. The van der Waals surface area contributed by atoms with E-state index in [9.17, 15) is 4.79 Å². The van der Waals surface area contributed by atoms with Crippen molar-refractivity contribution in [1.82, 2.24) is 0 Å². The minimum Gasteiger partial charge on any atom is -0.461 e. The molecule has 0 saturated heterocycles. The Hall–Kier alpha value is -1.83. The maximum absolute atomic E-state index is 11.9. The number of rotatable bonds is 7. The first-order valence-electron chi connectivity index (χ1n) is 10.9. The van der Waals surface area contributed by atoms with Crippen molar-refractivity contribution in [2.24, 2.45) is 11.3 Å². The van der Waals surface area contributed by atoms with Gasteiger partial charge in [0.05, 0.1) is 5.92 Å². The Morgan fingerprint density at radius 2 is 1.82 bits per heavy atom. The zero-order chi connectivity index (χ0) is 20.6. The van der Waals surface area contributed by atoms with E-state index < -0.39 is 0 Å². The molecular weight excluding hydrogens is 344 g/mol. The van der Waals surface area contributed by atoms with E-state index >= 15 is 0 Å². The van der Waals surface area contributed by atoms with Crippen molar-refractivity contribution in [2.75, 3.05) is 6.61 Å². The predicted octanol–water partition coefficient (Wildman–Crippen LogP) is 7.25. The predicted molar refractivity (Wildman–Crippen MR) is 119 cm³/mol. The van der Waals surface area contributed by atoms with E-state index in [1.807, 2.05) is 13.0 Å². The van der Waals surface area contributed by atoms with Crippen molar-refractivity contribution in [3.63, 3.8) is 0 Å². The summed E-state index contributed by atoms with van der Waals surface area (Å²) in [6, 6.07) is 0. The molecule has 2 nitrogen and oxygen atoms in total. The lowest BCUT2D eigenvalue weighted by molar-refractivity contribution is -0.147.